The number of nitrogens with one attached hydrogen (secondary N) is 1. The first-order valence-electron chi connectivity index (χ1n) is 8.71. The Bertz CT molecular complexity index is 974. The molecule has 150 valence electrons. The molecule has 0 radical (unpaired) electrons. The molecule has 3 rings (SSSR count). The Morgan fingerprint density at radius 1 is 1.14 bits per heavy atom. The van der Waals surface area contributed by atoms with Crippen LogP contribution in [0.25, 0.3) is 0 Å². The standard InChI is InChI=1S/C19H20Cl2N2O4S/c1-27-16-4-2-3-15(12-16)22-19(24)13-7-9-23(10-8-13)28(25,26)18-11-14(20)5-6-17(18)21/h2-6,11-13H,7-10H2,1H3,(H,22,24). The van der Waals surface area contributed by atoms with Crippen molar-refractivity contribution in [2.45, 2.75) is 17.7 Å². The van der Waals surface area contributed by atoms with E-state index in [2.05, 4.69) is 5.32 Å². The summed E-state index contributed by atoms with van der Waals surface area (Å²) in [6.45, 7) is 0.475. The SMILES string of the molecule is COc1cccc(NC(=O)C2CCN(S(=O)(=O)c3cc(Cl)ccc3Cl)CC2)c1. The van der Waals surface area contributed by atoms with Crippen molar-refractivity contribution in [1.82, 2.24) is 4.31 Å². The summed E-state index contributed by atoms with van der Waals surface area (Å²) in [5, 5.41) is 3.29. The summed E-state index contributed by atoms with van der Waals surface area (Å²) in [6, 6.07) is 11.4. The highest BCUT2D eigenvalue weighted by atomic mass is 35.5. The minimum Gasteiger partial charge on any atom is -0.497 e. The van der Waals surface area contributed by atoms with E-state index >= 15 is 0 Å². The molecule has 0 saturated carbocycles. The fraction of sp³-hybridized carbons (Fsp3) is 0.316. The Balaban J connectivity index is 1.65. The van der Waals surface area contributed by atoms with Gasteiger partial charge in [0.15, 0.2) is 0 Å². The van der Waals surface area contributed by atoms with Gasteiger partial charge in [-0.2, -0.15) is 4.31 Å². The van der Waals surface area contributed by atoms with Gasteiger partial charge in [-0.05, 0) is 43.2 Å². The molecule has 0 atom stereocenters. The van der Waals surface area contributed by atoms with Gasteiger partial charge in [0, 0.05) is 35.8 Å². The molecule has 0 bridgehead atoms. The van der Waals surface area contributed by atoms with Crippen molar-refractivity contribution in [2.24, 2.45) is 5.92 Å². The number of halogens is 2. The quantitative estimate of drug-likeness (QED) is 0.757. The second kappa shape index (κ2) is 8.69. The number of rotatable bonds is 5. The van der Waals surface area contributed by atoms with Crippen LogP contribution in [-0.4, -0.2) is 38.8 Å². The first-order chi connectivity index (χ1) is 13.3. The summed E-state index contributed by atoms with van der Waals surface area (Å²) in [7, 11) is -2.20. The third-order valence-electron chi connectivity index (χ3n) is 4.67. The lowest BCUT2D eigenvalue weighted by molar-refractivity contribution is -0.120. The molecule has 9 heteroatoms. The first-order valence-corrected chi connectivity index (χ1v) is 10.9. The van der Waals surface area contributed by atoms with E-state index in [4.69, 9.17) is 27.9 Å². The topological polar surface area (TPSA) is 75.7 Å². The number of carbonyl (C=O) groups is 1. The van der Waals surface area contributed by atoms with Crippen LogP contribution in [0.1, 0.15) is 12.8 Å². The Hall–Kier alpha value is -1.80. The van der Waals surface area contributed by atoms with Gasteiger partial charge >= 0.3 is 0 Å². The minimum atomic E-state index is -3.76. The van der Waals surface area contributed by atoms with Gasteiger partial charge in [-0.1, -0.05) is 29.3 Å². The lowest BCUT2D eigenvalue weighted by Crippen LogP contribution is -2.41. The van der Waals surface area contributed by atoms with E-state index < -0.39 is 10.0 Å². The molecule has 0 aliphatic carbocycles. The minimum absolute atomic E-state index is 0.0130. The fourth-order valence-corrected chi connectivity index (χ4v) is 5.32. The number of nitrogens with zero attached hydrogens (tertiary/aromatic N) is 1. The summed E-state index contributed by atoms with van der Waals surface area (Å²) in [5.41, 5.74) is 0.644. The molecule has 1 amide bonds. The highest BCUT2D eigenvalue weighted by Gasteiger charge is 2.33. The zero-order valence-electron chi connectivity index (χ0n) is 15.2. The van der Waals surface area contributed by atoms with E-state index in [1.54, 1.807) is 31.4 Å². The average Bonchev–Trinajstić information content (AvgIpc) is 2.70. The maximum atomic E-state index is 12.9. The van der Waals surface area contributed by atoms with Crippen LogP contribution in [0.3, 0.4) is 0 Å². The zero-order valence-corrected chi connectivity index (χ0v) is 17.5. The molecular formula is C19H20Cl2N2O4S. The Morgan fingerprint density at radius 2 is 1.86 bits per heavy atom. The molecule has 2 aromatic carbocycles. The number of amides is 1. The van der Waals surface area contributed by atoms with Gasteiger partial charge in [-0.25, -0.2) is 8.42 Å². The predicted octanol–water partition coefficient (Wildman–Crippen LogP) is 4.04. The van der Waals surface area contributed by atoms with Crippen molar-refractivity contribution < 1.29 is 17.9 Å². The zero-order chi connectivity index (χ0) is 20.3. The largest absolute Gasteiger partial charge is 0.497 e. The van der Waals surface area contributed by atoms with Crippen LogP contribution in [-0.2, 0) is 14.8 Å². The van der Waals surface area contributed by atoms with Crippen molar-refractivity contribution in [3.05, 3.63) is 52.5 Å². The lowest BCUT2D eigenvalue weighted by Gasteiger charge is -2.30. The van der Waals surface area contributed by atoms with E-state index in [0.717, 1.165) is 0 Å². The number of methoxy groups -OCH3 is 1. The normalized spacial score (nSPS) is 16.0. The molecule has 0 spiro atoms. The number of piperidine rings is 1. The highest BCUT2D eigenvalue weighted by molar-refractivity contribution is 7.89. The van der Waals surface area contributed by atoms with Gasteiger partial charge in [0.25, 0.3) is 0 Å². The highest BCUT2D eigenvalue weighted by Crippen LogP contribution is 2.30. The molecule has 0 unspecified atom stereocenters. The summed E-state index contributed by atoms with van der Waals surface area (Å²) in [4.78, 5) is 12.5. The predicted molar refractivity (Wildman–Crippen MR) is 110 cm³/mol. The van der Waals surface area contributed by atoms with E-state index in [-0.39, 0.29) is 34.8 Å². The molecule has 0 aromatic heterocycles. The Kier molecular flexibility index (Phi) is 6.50. The van der Waals surface area contributed by atoms with E-state index in [1.165, 1.54) is 22.5 Å². The third-order valence-corrected chi connectivity index (χ3v) is 7.29. The Morgan fingerprint density at radius 3 is 2.54 bits per heavy atom. The van der Waals surface area contributed by atoms with Crippen LogP contribution in [0.4, 0.5) is 5.69 Å². The van der Waals surface area contributed by atoms with E-state index in [1.807, 2.05) is 0 Å². The van der Waals surface area contributed by atoms with Gasteiger partial charge in [0.2, 0.25) is 15.9 Å². The van der Waals surface area contributed by atoms with Gasteiger partial charge in [0.05, 0.1) is 12.1 Å². The van der Waals surface area contributed by atoms with Crippen LogP contribution in [0.5, 0.6) is 5.75 Å². The summed E-state index contributed by atoms with van der Waals surface area (Å²) >= 11 is 12.0. The van der Waals surface area contributed by atoms with Crippen LogP contribution >= 0.6 is 23.2 Å². The first kappa shape index (κ1) is 20.9. The number of hydrogen-bond donors (Lipinski definition) is 1. The van der Waals surface area contributed by atoms with Crippen LogP contribution in [0, 0.1) is 5.92 Å². The molecule has 28 heavy (non-hydrogen) atoms. The van der Waals surface area contributed by atoms with Gasteiger partial charge in [-0.15, -0.1) is 0 Å². The van der Waals surface area contributed by atoms with Crippen molar-refractivity contribution in [3.63, 3.8) is 0 Å². The molecule has 1 heterocycles. The molecule has 6 nitrogen and oxygen atoms in total. The lowest BCUT2D eigenvalue weighted by atomic mass is 9.97. The average molecular weight is 443 g/mol. The number of carbonyl (C=O) groups excluding carboxylic acids is 1. The van der Waals surface area contributed by atoms with Crippen LogP contribution in [0.15, 0.2) is 47.4 Å². The second-order valence-electron chi connectivity index (χ2n) is 6.47. The number of benzene rings is 2. The monoisotopic (exact) mass is 442 g/mol. The maximum absolute atomic E-state index is 12.9. The van der Waals surface area contributed by atoms with Crippen molar-refractivity contribution >= 4 is 44.8 Å². The number of sulfonamides is 1. The van der Waals surface area contributed by atoms with Crippen LogP contribution in [0.2, 0.25) is 10.0 Å². The molecular weight excluding hydrogens is 423 g/mol. The molecule has 1 fully saturated rings. The Labute approximate surface area is 174 Å². The van der Waals surface area contributed by atoms with E-state index in [9.17, 15) is 13.2 Å². The second-order valence-corrected chi connectivity index (χ2v) is 9.22. The summed E-state index contributed by atoms with van der Waals surface area (Å²) < 4.78 is 32.2. The summed E-state index contributed by atoms with van der Waals surface area (Å²) in [5.74, 6) is 0.246. The van der Waals surface area contributed by atoms with Crippen molar-refractivity contribution in [2.75, 3.05) is 25.5 Å². The van der Waals surface area contributed by atoms with Crippen molar-refractivity contribution in [3.8, 4) is 5.75 Å². The number of anilines is 1. The van der Waals surface area contributed by atoms with Gasteiger partial charge in [-0.3, -0.25) is 4.79 Å². The number of ether oxygens (including phenoxy) is 1. The molecule has 1 aliphatic heterocycles. The maximum Gasteiger partial charge on any atom is 0.244 e. The molecule has 2 aromatic rings. The van der Waals surface area contributed by atoms with Crippen molar-refractivity contribution in [1.29, 1.82) is 0 Å². The van der Waals surface area contributed by atoms with Gasteiger partial charge < -0.3 is 10.1 Å². The summed E-state index contributed by atoms with van der Waals surface area (Å²) in [6.07, 6.45) is 0.848. The molecule has 1 N–H and O–H groups in total. The fourth-order valence-electron chi connectivity index (χ4n) is 3.12. The van der Waals surface area contributed by atoms with Crippen LogP contribution < -0.4 is 10.1 Å². The molecule has 1 aliphatic rings. The smallest absolute Gasteiger partial charge is 0.244 e. The third kappa shape index (κ3) is 4.60. The van der Waals surface area contributed by atoms with Gasteiger partial charge in [0.1, 0.15) is 10.6 Å². The number of hydrogen-bond acceptors (Lipinski definition) is 4. The molecule has 1 saturated heterocycles. The van der Waals surface area contributed by atoms with E-state index in [0.29, 0.717) is 29.3 Å².